The molecule has 0 spiro atoms. The second-order valence-corrected chi connectivity index (χ2v) is 4.29. The van der Waals surface area contributed by atoms with Gasteiger partial charge in [-0.05, 0) is 0 Å². The summed E-state index contributed by atoms with van der Waals surface area (Å²) in [6.45, 7) is 2.79. The third-order valence-electron chi connectivity index (χ3n) is 1.86. The van der Waals surface area contributed by atoms with E-state index < -0.39 is 0 Å². The molecule has 0 aliphatic carbocycles. The number of aliphatic imine (C=N–C) groups is 1. The quantitative estimate of drug-likeness (QED) is 0.518. The molecule has 15 heavy (non-hydrogen) atoms. The third-order valence-corrected chi connectivity index (χ3v) is 2.87. The van der Waals surface area contributed by atoms with Crippen molar-refractivity contribution in [1.82, 2.24) is 9.88 Å². The summed E-state index contributed by atoms with van der Waals surface area (Å²) in [7, 11) is 3.76. The molecule has 2 N–H and O–H groups in total. The van der Waals surface area contributed by atoms with Crippen molar-refractivity contribution in [3.8, 4) is 0 Å². The lowest BCUT2D eigenvalue weighted by Crippen LogP contribution is -2.30. The van der Waals surface area contributed by atoms with E-state index in [1.54, 1.807) is 16.2 Å². The Hall–Kier alpha value is -0.370. The molecule has 1 rings (SSSR count). The molecule has 1 aromatic heterocycles. The van der Waals surface area contributed by atoms with Crippen molar-refractivity contribution >= 4 is 41.3 Å². The predicted molar refractivity (Wildman–Crippen MR) is 76.1 cm³/mol. The molecular weight excluding hydrogens is 323 g/mol. The number of halogens is 1. The molecule has 0 aromatic carbocycles. The molecule has 0 radical (unpaired) electrons. The van der Waals surface area contributed by atoms with Gasteiger partial charge >= 0.3 is 0 Å². The van der Waals surface area contributed by atoms with Gasteiger partial charge < -0.3 is 10.6 Å². The number of guanidine groups is 1. The van der Waals surface area contributed by atoms with E-state index in [9.17, 15) is 0 Å². The minimum Gasteiger partial charge on any atom is -0.370 e. The predicted octanol–water partition coefficient (Wildman–Crippen LogP) is 1.74. The average Bonchev–Trinajstić information content (AvgIpc) is 2.66. The number of nitrogens with zero attached hydrogens (tertiary/aromatic N) is 3. The van der Waals surface area contributed by atoms with Crippen molar-refractivity contribution in [3.05, 3.63) is 16.6 Å². The van der Waals surface area contributed by atoms with Gasteiger partial charge in [-0.25, -0.2) is 4.98 Å². The zero-order valence-corrected chi connectivity index (χ0v) is 12.3. The summed E-state index contributed by atoms with van der Waals surface area (Å²) >= 11 is 1.66. The number of hydrogen-bond acceptors (Lipinski definition) is 3. The van der Waals surface area contributed by atoms with Crippen LogP contribution in [-0.4, -0.2) is 36.5 Å². The molecule has 0 saturated heterocycles. The number of nitrogens with two attached hydrogens (primary N) is 1. The van der Waals surface area contributed by atoms with E-state index in [0.717, 1.165) is 5.01 Å². The summed E-state index contributed by atoms with van der Waals surface area (Å²) in [6, 6.07) is 0. The van der Waals surface area contributed by atoms with Crippen LogP contribution >= 0.6 is 35.3 Å². The van der Waals surface area contributed by atoms with Crippen molar-refractivity contribution in [2.24, 2.45) is 10.7 Å². The van der Waals surface area contributed by atoms with Crippen molar-refractivity contribution < 1.29 is 0 Å². The van der Waals surface area contributed by atoms with Gasteiger partial charge in [-0.1, -0.05) is 6.92 Å². The average molecular weight is 340 g/mol. The van der Waals surface area contributed by atoms with Crippen LogP contribution in [0.25, 0.3) is 0 Å². The molecule has 0 amide bonds. The molecule has 0 aliphatic rings. The third kappa shape index (κ3) is 4.78. The highest BCUT2D eigenvalue weighted by Crippen LogP contribution is 2.17. The van der Waals surface area contributed by atoms with Crippen LogP contribution < -0.4 is 5.73 Å². The van der Waals surface area contributed by atoms with E-state index >= 15 is 0 Å². The Kier molecular flexibility index (Phi) is 6.82. The van der Waals surface area contributed by atoms with E-state index in [2.05, 4.69) is 16.9 Å². The van der Waals surface area contributed by atoms with Crippen LogP contribution in [0.4, 0.5) is 0 Å². The summed E-state index contributed by atoms with van der Waals surface area (Å²) < 4.78 is 0. The molecule has 1 aromatic rings. The van der Waals surface area contributed by atoms with Crippen LogP contribution in [0.15, 0.2) is 16.6 Å². The van der Waals surface area contributed by atoms with Crippen LogP contribution in [0, 0.1) is 0 Å². The van der Waals surface area contributed by atoms with Gasteiger partial charge in [-0.3, -0.25) is 4.99 Å². The summed E-state index contributed by atoms with van der Waals surface area (Å²) in [5.41, 5.74) is 5.68. The maximum atomic E-state index is 5.68. The molecule has 6 heteroatoms. The first-order valence-electron chi connectivity index (χ1n) is 4.48. The number of rotatable bonds is 3. The molecule has 1 unspecified atom stereocenters. The van der Waals surface area contributed by atoms with E-state index in [-0.39, 0.29) is 24.0 Å². The van der Waals surface area contributed by atoms with Crippen LogP contribution in [0.3, 0.4) is 0 Å². The molecule has 0 saturated carbocycles. The largest absolute Gasteiger partial charge is 0.370 e. The van der Waals surface area contributed by atoms with Crippen molar-refractivity contribution in [3.63, 3.8) is 0 Å². The second-order valence-electron chi connectivity index (χ2n) is 3.36. The number of hydrogen-bond donors (Lipinski definition) is 1. The van der Waals surface area contributed by atoms with Crippen LogP contribution in [0.1, 0.15) is 17.8 Å². The molecule has 1 atom stereocenters. The fraction of sp³-hybridized carbons (Fsp3) is 0.556. The number of aromatic nitrogens is 1. The van der Waals surface area contributed by atoms with Gasteiger partial charge in [0.05, 0.1) is 11.6 Å². The van der Waals surface area contributed by atoms with Gasteiger partial charge in [0.15, 0.2) is 5.96 Å². The van der Waals surface area contributed by atoms with Gasteiger partial charge in [-0.15, -0.1) is 35.3 Å². The smallest absolute Gasteiger partial charge is 0.190 e. The SMILES string of the molecule is CC(CN=C(N)N(C)C)c1nccs1.I. The lowest BCUT2D eigenvalue weighted by molar-refractivity contribution is 0.605. The maximum Gasteiger partial charge on any atom is 0.190 e. The van der Waals surface area contributed by atoms with Gasteiger partial charge in [-0.2, -0.15) is 0 Å². The first-order chi connectivity index (χ1) is 6.61. The maximum absolute atomic E-state index is 5.68. The van der Waals surface area contributed by atoms with Crippen molar-refractivity contribution in [2.45, 2.75) is 12.8 Å². The Bertz CT molecular complexity index is 297. The summed E-state index contributed by atoms with van der Waals surface area (Å²) in [5, 5.41) is 3.09. The van der Waals surface area contributed by atoms with Gasteiger partial charge in [0, 0.05) is 31.6 Å². The Balaban J connectivity index is 0.00000196. The fourth-order valence-electron chi connectivity index (χ4n) is 0.928. The molecule has 1 heterocycles. The normalized spacial score (nSPS) is 13.1. The zero-order valence-electron chi connectivity index (χ0n) is 9.17. The monoisotopic (exact) mass is 340 g/mol. The van der Waals surface area contributed by atoms with E-state index in [0.29, 0.717) is 18.4 Å². The zero-order chi connectivity index (χ0) is 10.6. The van der Waals surface area contributed by atoms with E-state index in [1.165, 1.54) is 0 Å². The molecule has 0 aliphatic heterocycles. The van der Waals surface area contributed by atoms with Crippen LogP contribution in [0.2, 0.25) is 0 Å². The second kappa shape index (κ2) is 7.00. The minimum atomic E-state index is 0. The molecular formula is C9H17IN4S. The van der Waals surface area contributed by atoms with Gasteiger partial charge in [0.2, 0.25) is 0 Å². The summed E-state index contributed by atoms with van der Waals surface area (Å²) in [5.74, 6) is 0.905. The first-order valence-corrected chi connectivity index (χ1v) is 5.36. The Morgan fingerprint density at radius 2 is 2.33 bits per heavy atom. The van der Waals surface area contributed by atoms with Crippen molar-refractivity contribution in [1.29, 1.82) is 0 Å². The highest BCUT2D eigenvalue weighted by Gasteiger charge is 2.07. The topological polar surface area (TPSA) is 54.5 Å². The Morgan fingerprint density at radius 3 is 2.80 bits per heavy atom. The molecule has 86 valence electrons. The Labute approximate surface area is 112 Å². The number of thiazole rings is 1. The molecule has 0 bridgehead atoms. The summed E-state index contributed by atoms with van der Waals surface area (Å²) in [6.07, 6.45) is 1.81. The van der Waals surface area contributed by atoms with Crippen LogP contribution in [0.5, 0.6) is 0 Å². The van der Waals surface area contributed by atoms with Crippen LogP contribution in [-0.2, 0) is 0 Å². The molecule has 0 fully saturated rings. The standard InChI is InChI=1S/C9H16N4S.HI/c1-7(8-11-4-5-14-8)6-12-9(10)13(2)3;/h4-5,7H,6H2,1-3H3,(H2,10,12);1H. The highest BCUT2D eigenvalue weighted by atomic mass is 127. The van der Waals surface area contributed by atoms with E-state index in [1.807, 2.05) is 25.7 Å². The highest BCUT2D eigenvalue weighted by molar-refractivity contribution is 14.0. The molecule has 4 nitrogen and oxygen atoms in total. The summed E-state index contributed by atoms with van der Waals surface area (Å²) in [4.78, 5) is 10.3. The van der Waals surface area contributed by atoms with E-state index in [4.69, 9.17) is 5.73 Å². The van der Waals surface area contributed by atoms with Gasteiger partial charge in [0.25, 0.3) is 0 Å². The Morgan fingerprint density at radius 1 is 1.67 bits per heavy atom. The lowest BCUT2D eigenvalue weighted by Gasteiger charge is -2.11. The fourth-order valence-corrected chi connectivity index (χ4v) is 1.62. The first kappa shape index (κ1) is 14.6. The lowest BCUT2D eigenvalue weighted by atomic mass is 10.2. The van der Waals surface area contributed by atoms with Gasteiger partial charge in [0.1, 0.15) is 0 Å². The minimum absolute atomic E-state index is 0. The van der Waals surface area contributed by atoms with Crippen molar-refractivity contribution in [2.75, 3.05) is 20.6 Å².